The summed E-state index contributed by atoms with van der Waals surface area (Å²) in [6, 6.07) is 28.4. The Balaban J connectivity index is 1.06. The van der Waals surface area contributed by atoms with Crippen LogP contribution in [0.2, 0.25) is 0 Å². The SMILES string of the molecule is Cc1cc(/N=N/c2sc(/N=N/c3c(Nc4ccc(S(=O)(=O)O)cc4)nc(Nc4ccc(S(=O)(=O)O)cc4)c(C=N)c3C)nc2-c2ccc3ccccc3c2)ccc1/N=N/C1=C(S(=O)(=O)O)C2C=CC=C(S(=O)(=O)O)C2C=C1. The van der Waals surface area contributed by atoms with Crippen molar-refractivity contribution in [2.75, 3.05) is 10.6 Å². The van der Waals surface area contributed by atoms with Crippen LogP contribution in [0.15, 0.2) is 196 Å². The zero-order valence-electron chi connectivity index (χ0n) is 39.7. The molecular weight excluding hydrogens is 1090 g/mol. The predicted octanol–water partition coefficient (Wildman–Crippen LogP) is 12.1. The summed E-state index contributed by atoms with van der Waals surface area (Å²) in [7, 11) is -18.7. The Kier molecular flexibility index (Phi) is 14.7. The van der Waals surface area contributed by atoms with Crippen LogP contribution in [0.5, 0.6) is 0 Å². The van der Waals surface area contributed by atoms with E-state index in [2.05, 4.69) is 41.3 Å². The van der Waals surface area contributed by atoms with Crippen molar-refractivity contribution in [3.63, 3.8) is 0 Å². The largest absolute Gasteiger partial charge is 0.340 e. The first-order chi connectivity index (χ1) is 36.4. The fourth-order valence-corrected chi connectivity index (χ4v) is 11.6. The van der Waals surface area contributed by atoms with Crippen molar-refractivity contribution in [1.82, 2.24) is 9.97 Å². The fraction of sp³-hybridized carbons (Fsp3) is 0.0816. The molecule has 0 saturated carbocycles. The van der Waals surface area contributed by atoms with E-state index in [4.69, 9.17) is 15.4 Å². The third kappa shape index (κ3) is 11.9. The van der Waals surface area contributed by atoms with Gasteiger partial charge in [-0.15, -0.1) is 25.6 Å². The van der Waals surface area contributed by atoms with Gasteiger partial charge in [0.05, 0.1) is 26.1 Å². The van der Waals surface area contributed by atoms with Gasteiger partial charge in [-0.1, -0.05) is 66.0 Å². The Morgan fingerprint density at radius 3 is 1.88 bits per heavy atom. The van der Waals surface area contributed by atoms with Crippen molar-refractivity contribution in [3.8, 4) is 11.3 Å². The first-order valence-corrected chi connectivity index (χ1v) is 28.9. The van der Waals surface area contributed by atoms with E-state index in [0.29, 0.717) is 44.4 Å². The second-order valence-electron chi connectivity index (χ2n) is 16.9. The molecule has 2 atom stereocenters. The molecule has 2 heterocycles. The predicted molar refractivity (Wildman–Crippen MR) is 289 cm³/mol. The van der Waals surface area contributed by atoms with E-state index >= 15 is 0 Å². The maximum atomic E-state index is 12.6. The fourth-order valence-electron chi connectivity index (χ4n) is 8.17. The highest BCUT2D eigenvalue weighted by atomic mass is 32.2. The summed E-state index contributed by atoms with van der Waals surface area (Å²) in [6.07, 6.45) is 7.35. The molecule has 7 N–H and O–H groups in total. The molecule has 2 aliphatic rings. The van der Waals surface area contributed by atoms with Gasteiger partial charge in [0, 0.05) is 40.6 Å². The summed E-state index contributed by atoms with van der Waals surface area (Å²) < 4.78 is 135. The van der Waals surface area contributed by atoms with E-state index in [1.165, 1.54) is 72.8 Å². The lowest BCUT2D eigenvalue weighted by molar-refractivity contribution is 0.467. The highest BCUT2D eigenvalue weighted by molar-refractivity contribution is 7.90. The number of nitrogens with one attached hydrogen (secondary N) is 3. The molecule has 28 heteroatoms. The van der Waals surface area contributed by atoms with Crippen molar-refractivity contribution in [2.45, 2.75) is 23.6 Å². The van der Waals surface area contributed by atoms with Gasteiger partial charge in [-0.2, -0.15) is 38.8 Å². The molecule has 23 nitrogen and oxygen atoms in total. The van der Waals surface area contributed by atoms with Gasteiger partial charge in [0.25, 0.3) is 40.5 Å². The van der Waals surface area contributed by atoms with Crippen molar-refractivity contribution in [1.29, 1.82) is 5.41 Å². The summed E-state index contributed by atoms with van der Waals surface area (Å²) in [6.45, 7) is 3.35. The van der Waals surface area contributed by atoms with Gasteiger partial charge in [0.1, 0.15) is 27.8 Å². The van der Waals surface area contributed by atoms with Gasteiger partial charge in [-0.05, 0) is 121 Å². The Morgan fingerprint density at radius 2 is 1.27 bits per heavy atom. The van der Waals surface area contributed by atoms with Crippen LogP contribution < -0.4 is 10.6 Å². The number of anilines is 4. The molecule has 2 aliphatic carbocycles. The molecule has 9 rings (SSSR count). The topological polar surface area (TPSA) is 365 Å². The lowest BCUT2D eigenvalue weighted by Gasteiger charge is -2.29. The molecular formula is C49H39N11O12S5. The van der Waals surface area contributed by atoms with E-state index in [1.807, 2.05) is 42.5 Å². The molecule has 0 fully saturated rings. The molecule has 392 valence electrons. The molecule has 0 bridgehead atoms. The van der Waals surface area contributed by atoms with E-state index in [1.54, 1.807) is 32.0 Å². The molecule has 0 amide bonds. The van der Waals surface area contributed by atoms with Gasteiger partial charge >= 0.3 is 0 Å². The number of azo groups is 3. The van der Waals surface area contributed by atoms with Gasteiger partial charge in [-0.25, -0.2) is 9.97 Å². The van der Waals surface area contributed by atoms with Gasteiger partial charge in [-0.3, -0.25) is 18.2 Å². The van der Waals surface area contributed by atoms with E-state index in [0.717, 1.165) is 34.4 Å². The summed E-state index contributed by atoms with van der Waals surface area (Å²) in [5.41, 5.74) is 3.38. The number of hydrogen-bond donors (Lipinski definition) is 7. The molecule has 77 heavy (non-hydrogen) atoms. The number of aryl methyl sites for hydroxylation is 1. The van der Waals surface area contributed by atoms with Crippen molar-refractivity contribution in [3.05, 3.63) is 172 Å². The Hall–Kier alpha value is -8.19. The second-order valence-corrected chi connectivity index (χ2v) is 23.5. The van der Waals surface area contributed by atoms with Crippen LogP contribution in [-0.2, 0) is 40.5 Å². The summed E-state index contributed by atoms with van der Waals surface area (Å²) in [5, 5.41) is 43.3. The highest BCUT2D eigenvalue weighted by Crippen LogP contribution is 2.45. The lowest BCUT2D eigenvalue weighted by atomic mass is 9.84. The summed E-state index contributed by atoms with van der Waals surface area (Å²) in [4.78, 5) is 7.75. The first kappa shape index (κ1) is 53.6. The van der Waals surface area contributed by atoms with Gasteiger partial charge < -0.3 is 16.0 Å². The van der Waals surface area contributed by atoms with Crippen LogP contribution in [-0.4, -0.2) is 68.1 Å². The van der Waals surface area contributed by atoms with Crippen LogP contribution in [0.25, 0.3) is 22.0 Å². The number of aromatic nitrogens is 2. The minimum Gasteiger partial charge on any atom is -0.340 e. The number of thiazole rings is 1. The molecule has 0 saturated heterocycles. The molecule has 2 unspecified atom stereocenters. The standard InChI is InChI=1S/C49H39N11O12S5/c1-27-24-34(16-22-40(27)56-57-41-23-21-37-38(45(41)77(70,71)72)8-5-9-42(37)76(67,68)69)55-59-48-44(31-11-10-29-6-3-4-7-30(29)25-31)53-49(73-48)60-58-43-28(2)39(26-50)46(51-32-12-17-35(18-13-32)74(61,62)63)54-47(43)52-33-14-19-36(20-15-33)75(64,65)66/h3-26,37-38,50H,1-2H3,(H2,51,52,54)(H,61,62,63)(H,64,65,66)(H,67,68,69)(H,70,71,72)/b50-26?,57-56+,59-55+,60-58+. The number of nitrogens with zero attached hydrogens (tertiary/aromatic N) is 8. The van der Waals surface area contributed by atoms with Crippen LogP contribution in [0.4, 0.5) is 50.2 Å². The highest BCUT2D eigenvalue weighted by Gasteiger charge is 2.40. The maximum absolute atomic E-state index is 12.6. The maximum Gasteiger partial charge on any atom is 0.294 e. The average Bonchev–Trinajstić information content (AvgIpc) is 3.80. The Labute approximate surface area is 443 Å². The molecule has 0 spiro atoms. The smallest absolute Gasteiger partial charge is 0.294 e. The van der Waals surface area contributed by atoms with E-state index < -0.39 is 62.1 Å². The van der Waals surface area contributed by atoms with Crippen molar-refractivity contribution >= 4 is 119 Å². The van der Waals surface area contributed by atoms with Crippen LogP contribution in [0.1, 0.15) is 16.7 Å². The normalized spacial score (nSPS) is 16.2. The van der Waals surface area contributed by atoms with Gasteiger partial charge in [0.15, 0.2) is 10.8 Å². The number of fused-ring (bicyclic) bond motifs is 2. The number of benzene rings is 5. The van der Waals surface area contributed by atoms with E-state index in [9.17, 15) is 51.9 Å². The lowest BCUT2D eigenvalue weighted by Crippen LogP contribution is -2.28. The molecule has 7 aromatic rings. The van der Waals surface area contributed by atoms with Crippen molar-refractivity contribution < 1.29 is 51.9 Å². The van der Waals surface area contributed by atoms with Crippen molar-refractivity contribution in [2.24, 2.45) is 42.5 Å². The van der Waals surface area contributed by atoms with E-state index in [-0.39, 0.29) is 49.2 Å². The molecule has 0 aliphatic heterocycles. The summed E-state index contributed by atoms with van der Waals surface area (Å²) >= 11 is 1.04. The number of pyridine rings is 1. The third-order valence-corrected chi connectivity index (χ3v) is 16.5. The number of allylic oxidation sites excluding steroid dienone is 7. The minimum absolute atomic E-state index is 0.0607. The van der Waals surface area contributed by atoms with Crippen LogP contribution >= 0.6 is 11.3 Å². The molecule has 2 aromatic heterocycles. The summed E-state index contributed by atoms with van der Waals surface area (Å²) in [5.74, 6) is -2.14. The van der Waals surface area contributed by atoms with Crippen LogP contribution in [0, 0.1) is 31.1 Å². The molecule has 5 aromatic carbocycles. The van der Waals surface area contributed by atoms with Gasteiger partial charge in [0.2, 0.25) is 5.13 Å². The quantitative estimate of drug-likeness (QED) is 0.0268. The first-order valence-electron chi connectivity index (χ1n) is 22.3. The second kappa shape index (κ2) is 21.1. The third-order valence-electron chi connectivity index (χ3n) is 11.9. The number of hydrogen-bond acceptors (Lipinski definition) is 20. The molecule has 0 radical (unpaired) electrons. The zero-order chi connectivity index (χ0) is 55.0. The minimum atomic E-state index is -4.94. The number of rotatable bonds is 16. The Bertz CT molecular complexity index is 4270. The Morgan fingerprint density at radius 1 is 0.623 bits per heavy atom. The average molecular weight is 1130 g/mol. The monoisotopic (exact) mass is 1130 g/mol. The zero-order valence-corrected chi connectivity index (χ0v) is 43.8. The van der Waals surface area contributed by atoms with Crippen LogP contribution in [0.3, 0.4) is 0 Å².